The van der Waals surface area contributed by atoms with Gasteiger partial charge in [0.15, 0.2) is 0 Å². The third-order valence-corrected chi connectivity index (χ3v) is 6.44. The molecule has 3 N–H and O–H groups in total. The first-order valence-electron chi connectivity index (χ1n) is 12.0. The van der Waals surface area contributed by atoms with Crippen molar-refractivity contribution in [1.29, 1.82) is 0 Å². The summed E-state index contributed by atoms with van der Waals surface area (Å²) < 4.78 is 1.63. The zero-order chi connectivity index (χ0) is 24.2. The van der Waals surface area contributed by atoms with E-state index in [1.54, 1.807) is 11.6 Å². The number of nitrogens with one attached hydrogen (secondary N) is 1. The van der Waals surface area contributed by atoms with Gasteiger partial charge in [-0.3, -0.25) is 9.69 Å². The third kappa shape index (κ3) is 5.48. The summed E-state index contributed by atoms with van der Waals surface area (Å²) in [5.41, 5.74) is 12.4. The molecule has 178 valence electrons. The van der Waals surface area contributed by atoms with E-state index in [9.17, 15) is 4.79 Å². The maximum Gasteiger partial charge on any atom is 0.288 e. The van der Waals surface area contributed by atoms with Crippen molar-refractivity contribution in [2.24, 2.45) is 5.73 Å². The number of aromatic nitrogens is 3. The summed E-state index contributed by atoms with van der Waals surface area (Å²) in [6.45, 7) is 7.20. The zero-order valence-electron chi connectivity index (χ0n) is 19.9. The first-order valence-corrected chi connectivity index (χ1v) is 12.0. The van der Waals surface area contributed by atoms with Crippen LogP contribution in [0.15, 0.2) is 72.8 Å². The minimum absolute atomic E-state index is 0.0286. The molecule has 2 heterocycles. The van der Waals surface area contributed by atoms with E-state index in [2.05, 4.69) is 81.0 Å². The van der Waals surface area contributed by atoms with Crippen molar-refractivity contribution in [2.75, 3.05) is 26.2 Å². The number of nitrogens with zero attached hydrogens (tertiary/aromatic N) is 4. The van der Waals surface area contributed by atoms with Crippen LogP contribution in [0, 0.1) is 6.92 Å². The fourth-order valence-corrected chi connectivity index (χ4v) is 4.47. The minimum atomic E-state index is -0.627. The van der Waals surface area contributed by atoms with Crippen LogP contribution in [0.25, 0.3) is 16.8 Å². The number of hydrogen-bond acceptors (Lipinski definition) is 5. The lowest BCUT2D eigenvalue weighted by molar-refractivity contribution is 0.0990. The molecule has 3 aromatic carbocycles. The lowest BCUT2D eigenvalue weighted by Crippen LogP contribution is -2.42. The third-order valence-electron chi connectivity index (χ3n) is 6.44. The van der Waals surface area contributed by atoms with Gasteiger partial charge in [0.25, 0.3) is 5.91 Å². The van der Waals surface area contributed by atoms with Gasteiger partial charge in [0.1, 0.15) is 5.82 Å². The molecule has 0 atom stereocenters. The van der Waals surface area contributed by atoms with E-state index in [4.69, 9.17) is 5.73 Å². The monoisotopic (exact) mass is 466 g/mol. The smallest absolute Gasteiger partial charge is 0.288 e. The molecule has 0 aliphatic carbocycles. The summed E-state index contributed by atoms with van der Waals surface area (Å²) in [6.07, 6.45) is 0.840. The maximum absolute atomic E-state index is 11.3. The summed E-state index contributed by atoms with van der Waals surface area (Å²) in [4.78, 5) is 18.0. The number of benzene rings is 3. The molecular formula is C28H30N6O. The molecule has 4 aromatic rings. The van der Waals surface area contributed by atoms with Gasteiger partial charge in [-0.15, -0.1) is 5.10 Å². The molecule has 35 heavy (non-hydrogen) atoms. The fourth-order valence-electron chi connectivity index (χ4n) is 4.47. The predicted octanol–water partition coefficient (Wildman–Crippen LogP) is 3.34. The number of aryl methyl sites for hydroxylation is 1. The molecule has 5 rings (SSSR count). The number of nitrogens with two attached hydrogens (primary N) is 1. The highest BCUT2D eigenvalue weighted by atomic mass is 16.1. The van der Waals surface area contributed by atoms with Gasteiger partial charge in [-0.1, -0.05) is 60.7 Å². The number of piperazine rings is 1. The van der Waals surface area contributed by atoms with Crippen molar-refractivity contribution in [3.8, 4) is 16.8 Å². The molecule has 0 saturated carbocycles. The maximum atomic E-state index is 11.3. The molecule has 1 aliphatic heterocycles. The van der Waals surface area contributed by atoms with Crippen LogP contribution < -0.4 is 11.1 Å². The Morgan fingerprint density at radius 1 is 0.857 bits per heavy atom. The van der Waals surface area contributed by atoms with Gasteiger partial charge in [-0.05, 0) is 53.3 Å². The number of rotatable bonds is 7. The Hall–Kier alpha value is -3.81. The predicted molar refractivity (Wildman–Crippen MR) is 137 cm³/mol. The van der Waals surface area contributed by atoms with Crippen LogP contribution in [-0.2, 0) is 13.0 Å². The van der Waals surface area contributed by atoms with Crippen molar-refractivity contribution in [3.63, 3.8) is 0 Å². The SMILES string of the molecule is Cc1nc(C(N)=O)nn1-c1ccc(Cc2ccc(-c3ccc(CN4CCNCC4)cc3)cc2)cc1. The second-order valence-electron chi connectivity index (χ2n) is 9.02. The van der Waals surface area contributed by atoms with Gasteiger partial charge in [-0.2, -0.15) is 0 Å². The molecule has 7 heteroatoms. The number of carbonyl (C=O) groups is 1. The molecule has 1 amide bonds. The minimum Gasteiger partial charge on any atom is -0.363 e. The summed E-state index contributed by atoms with van der Waals surface area (Å²) in [6, 6.07) is 25.8. The quantitative estimate of drug-likeness (QED) is 0.436. The standard InChI is InChI=1S/C28H30N6O/c1-20-31-28(27(29)35)32-34(20)26-12-6-22(7-13-26)18-21-2-8-24(9-3-21)25-10-4-23(5-11-25)19-33-16-14-30-15-17-33/h2-13,30H,14-19H2,1H3,(H2,29,35). The van der Waals surface area contributed by atoms with Crippen molar-refractivity contribution in [1.82, 2.24) is 25.0 Å². The van der Waals surface area contributed by atoms with Gasteiger partial charge < -0.3 is 11.1 Å². The van der Waals surface area contributed by atoms with E-state index in [0.29, 0.717) is 5.82 Å². The van der Waals surface area contributed by atoms with Crippen LogP contribution in [0.1, 0.15) is 33.1 Å². The average Bonchev–Trinajstić information content (AvgIpc) is 3.28. The highest BCUT2D eigenvalue weighted by Crippen LogP contribution is 2.22. The molecule has 7 nitrogen and oxygen atoms in total. The summed E-state index contributed by atoms with van der Waals surface area (Å²) in [5, 5.41) is 7.60. The van der Waals surface area contributed by atoms with Crippen LogP contribution in [0.5, 0.6) is 0 Å². The Morgan fingerprint density at radius 2 is 1.40 bits per heavy atom. The Labute approximate surface area is 205 Å². The average molecular weight is 467 g/mol. The van der Waals surface area contributed by atoms with Crippen LogP contribution >= 0.6 is 0 Å². The number of hydrogen-bond donors (Lipinski definition) is 2. The second kappa shape index (κ2) is 10.2. The summed E-state index contributed by atoms with van der Waals surface area (Å²) in [7, 11) is 0. The van der Waals surface area contributed by atoms with E-state index >= 15 is 0 Å². The summed E-state index contributed by atoms with van der Waals surface area (Å²) in [5.74, 6) is 0.0258. The molecule has 1 aliphatic rings. The van der Waals surface area contributed by atoms with Gasteiger partial charge in [-0.25, -0.2) is 9.67 Å². The molecule has 0 bridgehead atoms. The van der Waals surface area contributed by atoms with E-state index in [-0.39, 0.29) is 5.82 Å². The second-order valence-corrected chi connectivity index (χ2v) is 9.02. The van der Waals surface area contributed by atoms with Crippen molar-refractivity contribution < 1.29 is 4.79 Å². The highest BCUT2D eigenvalue weighted by molar-refractivity contribution is 5.88. The van der Waals surface area contributed by atoms with Gasteiger partial charge in [0.05, 0.1) is 5.69 Å². The summed E-state index contributed by atoms with van der Waals surface area (Å²) >= 11 is 0. The lowest BCUT2D eigenvalue weighted by Gasteiger charge is -2.27. The Balaban J connectivity index is 1.22. The molecule has 0 unspecified atom stereocenters. The fraction of sp³-hybridized carbons (Fsp3) is 0.250. The lowest BCUT2D eigenvalue weighted by atomic mass is 9.99. The van der Waals surface area contributed by atoms with Crippen LogP contribution in [-0.4, -0.2) is 51.8 Å². The van der Waals surface area contributed by atoms with Crippen LogP contribution in [0.4, 0.5) is 0 Å². The Bertz CT molecular complexity index is 1290. The number of amides is 1. The van der Waals surface area contributed by atoms with Gasteiger partial charge in [0.2, 0.25) is 5.82 Å². The van der Waals surface area contributed by atoms with E-state index < -0.39 is 5.91 Å². The molecule has 1 fully saturated rings. The van der Waals surface area contributed by atoms with E-state index in [1.165, 1.54) is 27.8 Å². The molecule has 0 radical (unpaired) electrons. The highest BCUT2D eigenvalue weighted by Gasteiger charge is 2.12. The first-order chi connectivity index (χ1) is 17.0. The van der Waals surface area contributed by atoms with Crippen LogP contribution in [0.2, 0.25) is 0 Å². The normalized spacial score (nSPS) is 14.2. The van der Waals surface area contributed by atoms with Crippen molar-refractivity contribution >= 4 is 5.91 Å². The number of carbonyl (C=O) groups excluding carboxylic acids is 1. The Kier molecular flexibility index (Phi) is 6.70. The van der Waals surface area contributed by atoms with E-state index in [0.717, 1.165) is 44.8 Å². The first kappa shape index (κ1) is 23.0. The van der Waals surface area contributed by atoms with Crippen molar-refractivity contribution in [3.05, 3.63) is 101 Å². The van der Waals surface area contributed by atoms with E-state index in [1.807, 2.05) is 12.1 Å². The zero-order valence-corrected chi connectivity index (χ0v) is 19.9. The molecular weight excluding hydrogens is 436 g/mol. The number of primary amides is 1. The molecule has 1 saturated heterocycles. The van der Waals surface area contributed by atoms with Crippen LogP contribution in [0.3, 0.4) is 0 Å². The van der Waals surface area contributed by atoms with Crippen molar-refractivity contribution in [2.45, 2.75) is 19.9 Å². The van der Waals surface area contributed by atoms with Gasteiger partial charge >= 0.3 is 0 Å². The van der Waals surface area contributed by atoms with Gasteiger partial charge in [0, 0.05) is 32.7 Å². The topological polar surface area (TPSA) is 89.1 Å². The molecule has 0 spiro atoms. The Morgan fingerprint density at radius 3 is 1.94 bits per heavy atom. The molecule has 1 aromatic heterocycles. The largest absolute Gasteiger partial charge is 0.363 e.